The van der Waals surface area contributed by atoms with Crippen molar-refractivity contribution in [3.8, 4) is 5.95 Å². The number of esters is 1. The summed E-state index contributed by atoms with van der Waals surface area (Å²) in [7, 11) is 0. The molecule has 27 heavy (non-hydrogen) atoms. The van der Waals surface area contributed by atoms with Gasteiger partial charge in [0.25, 0.3) is 5.95 Å². The average molecular weight is 406 g/mol. The predicted octanol–water partition coefficient (Wildman–Crippen LogP) is 4.51. The molecule has 0 unspecified atom stereocenters. The molecule has 9 heteroatoms. The van der Waals surface area contributed by atoms with Crippen LogP contribution in [0, 0.1) is 13.8 Å². The van der Waals surface area contributed by atoms with Gasteiger partial charge in [0, 0.05) is 16.9 Å². The minimum atomic E-state index is -0.543. The zero-order valence-electron chi connectivity index (χ0n) is 15.0. The van der Waals surface area contributed by atoms with E-state index in [0.29, 0.717) is 21.7 Å². The van der Waals surface area contributed by atoms with Crippen LogP contribution in [0.5, 0.6) is 0 Å². The molecule has 0 aliphatic rings. The summed E-state index contributed by atoms with van der Waals surface area (Å²) in [4.78, 5) is 21.0. The molecule has 0 fully saturated rings. The highest BCUT2D eigenvalue weighted by Gasteiger charge is 2.19. The molecule has 2 heterocycles. The third-order valence-corrected chi connectivity index (χ3v) is 4.22. The number of hydrogen-bond donors (Lipinski definition) is 1. The number of carbonyl (C=O) groups is 1. The van der Waals surface area contributed by atoms with Crippen molar-refractivity contribution in [1.29, 1.82) is 0 Å². The van der Waals surface area contributed by atoms with Crippen LogP contribution in [0.25, 0.3) is 5.95 Å². The molecular formula is C18H17Cl2N5O2. The van der Waals surface area contributed by atoms with E-state index in [1.807, 2.05) is 19.9 Å². The summed E-state index contributed by atoms with van der Waals surface area (Å²) in [5.74, 6) is 0.0162. The third kappa shape index (κ3) is 4.20. The van der Waals surface area contributed by atoms with Crippen LogP contribution < -0.4 is 5.32 Å². The van der Waals surface area contributed by atoms with Gasteiger partial charge in [-0.25, -0.2) is 14.5 Å². The lowest BCUT2D eigenvalue weighted by Gasteiger charge is -2.13. The summed E-state index contributed by atoms with van der Waals surface area (Å²) in [5, 5.41) is 8.34. The summed E-state index contributed by atoms with van der Waals surface area (Å²) < 4.78 is 6.69. The van der Waals surface area contributed by atoms with Crippen molar-refractivity contribution in [1.82, 2.24) is 19.7 Å². The molecule has 0 saturated heterocycles. The molecule has 0 amide bonds. The average Bonchev–Trinajstić information content (AvgIpc) is 2.96. The van der Waals surface area contributed by atoms with Crippen molar-refractivity contribution in [2.45, 2.75) is 20.8 Å². The molecule has 0 radical (unpaired) electrons. The minimum Gasteiger partial charge on any atom is -0.462 e. The number of aromatic nitrogens is 4. The van der Waals surface area contributed by atoms with E-state index in [4.69, 9.17) is 27.9 Å². The van der Waals surface area contributed by atoms with Crippen LogP contribution >= 0.6 is 23.2 Å². The Kier molecular flexibility index (Phi) is 5.62. The minimum absolute atomic E-state index is 0.179. The quantitative estimate of drug-likeness (QED) is 0.628. The third-order valence-electron chi connectivity index (χ3n) is 3.65. The standard InChI is InChI=1S/C18H17Cl2N5O2/c1-4-27-17(26)13-9-21-18(25-11(3)7-10(2)24-25)23-16(13)22-15-8-12(19)5-6-14(15)20/h5-9H,4H2,1-3H3,(H,21,22,23). The lowest BCUT2D eigenvalue weighted by molar-refractivity contribution is 0.0526. The Hall–Kier alpha value is -2.64. The smallest absolute Gasteiger partial charge is 0.343 e. The van der Waals surface area contributed by atoms with Crippen LogP contribution in [-0.4, -0.2) is 32.3 Å². The molecule has 0 saturated carbocycles. The molecule has 0 bridgehead atoms. The van der Waals surface area contributed by atoms with E-state index in [1.165, 1.54) is 6.20 Å². The summed E-state index contributed by atoms with van der Waals surface area (Å²) in [6, 6.07) is 6.87. The molecule has 0 aliphatic heterocycles. The van der Waals surface area contributed by atoms with Crippen molar-refractivity contribution in [3.05, 3.63) is 57.5 Å². The highest BCUT2D eigenvalue weighted by molar-refractivity contribution is 6.35. The number of carbonyl (C=O) groups excluding carboxylic acids is 1. The highest BCUT2D eigenvalue weighted by atomic mass is 35.5. The summed E-state index contributed by atoms with van der Waals surface area (Å²) in [6.45, 7) is 5.73. The second-order valence-corrected chi connectivity index (χ2v) is 6.58. The van der Waals surface area contributed by atoms with E-state index in [-0.39, 0.29) is 18.0 Å². The highest BCUT2D eigenvalue weighted by Crippen LogP contribution is 2.29. The van der Waals surface area contributed by atoms with Gasteiger partial charge in [-0.2, -0.15) is 10.1 Å². The SMILES string of the molecule is CCOC(=O)c1cnc(-n2nc(C)cc2C)nc1Nc1cc(Cl)ccc1Cl. The fraction of sp³-hybridized carbons (Fsp3) is 0.222. The fourth-order valence-electron chi connectivity index (χ4n) is 2.48. The maximum atomic E-state index is 12.3. The maximum Gasteiger partial charge on any atom is 0.343 e. The van der Waals surface area contributed by atoms with Crippen molar-refractivity contribution >= 4 is 40.7 Å². The Balaban J connectivity index is 2.09. The first-order valence-corrected chi connectivity index (χ1v) is 8.94. The van der Waals surface area contributed by atoms with Crippen LogP contribution in [0.15, 0.2) is 30.5 Å². The molecular weight excluding hydrogens is 389 g/mol. The Morgan fingerprint density at radius 3 is 2.70 bits per heavy atom. The lowest BCUT2D eigenvalue weighted by Crippen LogP contribution is -2.13. The number of aryl methyl sites for hydroxylation is 2. The van der Waals surface area contributed by atoms with Crippen LogP contribution in [0.4, 0.5) is 11.5 Å². The Labute approximate surface area is 166 Å². The Morgan fingerprint density at radius 1 is 1.26 bits per heavy atom. The van der Waals surface area contributed by atoms with E-state index in [9.17, 15) is 4.79 Å². The predicted molar refractivity (Wildman–Crippen MR) is 104 cm³/mol. The zero-order valence-corrected chi connectivity index (χ0v) is 16.5. The number of hydrogen-bond acceptors (Lipinski definition) is 6. The molecule has 1 N–H and O–H groups in total. The number of halogens is 2. The van der Waals surface area contributed by atoms with E-state index in [0.717, 1.165) is 11.4 Å². The summed E-state index contributed by atoms with van der Waals surface area (Å²) >= 11 is 12.3. The number of benzene rings is 1. The number of nitrogens with one attached hydrogen (secondary N) is 1. The van der Waals surface area contributed by atoms with Crippen molar-refractivity contribution in [3.63, 3.8) is 0 Å². The molecule has 3 rings (SSSR count). The maximum absolute atomic E-state index is 12.3. The summed E-state index contributed by atoms with van der Waals surface area (Å²) in [6.07, 6.45) is 1.40. The van der Waals surface area contributed by atoms with E-state index in [2.05, 4.69) is 20.4 Å². The van der Waals surface area contributed by atoms with Gasteiger partial charge in [0.1, 0.15) is 5.56 Å². The van der Waals surface area contributed by atoms with Gasteiger partial charge < -0.3 is 10.1 Å². The lowest BCUT2D eigenvalue weighted by atomic mass is 10.2. The van der Waals surface area contributed by atoms with E-state index >= 15 is 0 Å². The van der Waals surface area contributed by atoms with Gasteiger partial charge in [0.15, 0.2) is 5.82 Å². The first-order chi connectivity index (χ1) is 12.9. The molecule has 1 aromatic carbocycles. The van der Waals surface area contributed by atoms with Gasteiger partial charge in [0.2, 0.25) is 0 Å². The van der Waals surface area contributed by atoms with Gasteiger partial charge in [-0.1, -0.05) is 23.2 Å². The normalized spacial score (nSPS) is 10.7. The number of anilines is 2. The second kappa shape index (κ2) is 7.94. The number of nitrogens with zero attached hydrogens (tertiary/aromatic N) is 4. The van der Waals surface area contributed by atoms with Gasteiger partial charge in [0.05, 0.1) is 23.0 Å². The van der Waals surface area contributed by atoms with Crippen LogP contribution in [0.2, 0.25) is 10.0 Å². The molecule has 0 aliphatic carbocycles. The molecule has 0 spiro atoms. The van der Waals surface area contributed by atoms with Crippen molar-refractivity contribution < 1.29 is 9.53 Å². The van der Waals surface area contributed by atoms with E-state index < -0.39 is 5.97 Å². The second-order valence-electron chi connectivity index (χ2n) is 5.74. The molecule has 0 atom stereocenters. The monoisotopic (exact) mass is 405 g/mol. The van der Waals surface area contributed by atoms with Gasteiger partial charge in [-0.3, -0.25) is 0 Å². The van der Waals surface area contributed by atoms with Gasteiger partial charge in [-0.05, 0) is 45.0 Å². The number of rotatable bonds is 5. The first kappa shape index (κ1) is 19.1. The van der Waals surface area contributed by atoms with Crippen LogP contribution in [-0.2, 0) is 4.74 Å². The fourth-order valence-corrected chi connectivity index (χ4v) is 2.82. The van der Waals surface area contributed by atoms with Gasteiger partial charge in [-0.15, -0.1) is 0 Å². The van der Waals surface area contributed by atoms with Gasteiger partial charge >= 0.3 is 5.97 Å². The molecule has 7 nitrogen and oxygen atoms in total. The van der Waals surface area contributed by atoms with Crippen LogP contribution in [0.1, 0.15) is 28.7 Å². The topological polar surface area (TPSA) is 81.9 Å². The molecule has 3 aromatic rings. The largest absolute Gasteiger partial charge is 0.462 e. The van der Waals surface area contributed by atoms with Crippen LogP contribution in [0.3, 0.4) is 0 Å². The number of ether oxygens (including phenoxy) is 1. The molecule has 140 valence electrons. The van der Waals surface area contributed by atoms with Crippen molar-refractivity contribution in [2.24, 2.45) is 0 Å². The summed E-state index contributed by atoms with van der Waals surface area (Å²) in [5.41, 5.74) is 2.38. The molecule has 2 aromatic heterocycles. The van der Waals surface area contributed by atoms with Crippen molar-refractivity contribution in [2.75, 3.05) is 11.9 Å². The Bertz CT molecular complexity index is 1000. The first-order valence-electron chi connectivity index (χ1n) is 8.19. The zero-order chi connectivity index (χ0) is 19.6. The Morgan fingerprint density at radius 2 is 2.04 bits per heavy atom. The van der Waals surface area contributed by atoms with E-state index in [1.54, 1.807) is 29.8 Å².